The molecule has 2 saturated heterocycles. The molecule has 7 heteroatoms. The van der Waals surface area contributed by atoms with Crippen molar-refractivity contribution >= 4 is 11.9 Å². The molecule has 2 fully saturated rings. The van der Waals surface area contributed by atoms with Gasteiger partial charge < -0.3 is 20.3 Å². The number of urea groups is 1. The molecule has 27 heavy (non-hydrogen) atoms. The van der Waals surface area contributed by atoms with Crippen LogP contribution in [0.25, 0.3) is 0 Å². The lowest BCUT2D eigenvalue weighted by atomic mass is 10.0. The van der Waals surface area contributed by atoms with E-state index in [4.69, 9.17) is 4.74 Å². The molecule has 148 valence electrons. The topological polar surface area (TPSA) is 73.9 Å². The third-order valence-corrected chi connectivity index (χ3v) is 5.38. The van der Waals surface area contributed by atoms with Crippen molar-refractivity contribution in [1.29, 1.82) is 0 Å². The summed E-state index contributed by atoms with van der Waals surface area (Å²) in [7, 11) is 1.66. The van der Waals surface area contributed by atoms with Gasteiger partial charge in [0.25, 0.3) is 0 Å². The van der Waals surface area contributed by atoms with Gasteiger partial charge in [0.1, 0.15) is 5.75 Å². The van der Waals surface area contributed by atoms with Crippen LogP contribution in [0.15, 0.2) is 24.3 Å². The molecular formula is C20H30N4O3. The number of nitrogens with zero attached hydrogens (tertiary/aromatic N) is 2. The Hall–Kier alpha value is -2.28. The van der Waals surface area contributed by atoms with E-state index in [0.29, 0.717) is 32.6 Å². The summed E-state index contributed by atoms with van der Waals surface area (Å²) in [4.78, 5) is 28.3. The third-order valence-electron chi connectivity index (χ3n) is 5.38. The first kappa shape index (κ1) is 19.5. The highest BCUT2D eigenvalue weighted by atomic mass is 16.5. The molecule has 2 N–H and O–H groups in total. The second-order valence-corrected chi connectivity index (χ2v) is 7.16. The molecule has 3 rings (SSSR count). The number of likely N-dealkylation sites (tertiary alicyclic amines) is 1. The van der Waals surface area contributed by atoms with E-state index in [0.717, 1.165) is 18.8 Å². The lowest BCUT2D eigenvalue weighted by molar-refractivity contribution is -0.120. The van der Waals surface area contributed by atoms with Gasteiger partial charge in [-0.25, -0.2) is 4.79 Å². The summed E-state index contributed by atoms with van der Waals surface area (Å²) in [6.07, 6.45) is 4.02. The highest BCUT2D eigenvalue weighted by Crippen LogP contribution is 2.26. The molecule has 1 aromatic rings. The van der Waals surface area contributed by atoms with Gasteiger partial charge in [-0.05, 0) is 43.6 Å². The Morgan fingerprint density at radius 1 is 1.15 bits per heavy atom. The van der Waals surface area contributed by atoms with Gasteiger partial charge >= 0.3 is 6.03 Å². The Balaban J connectivity index is 1.65. The van der Waals surface area contributed by atoms with Crippen LogP contribution >= 0.6 is 0 Å². The van der Waals surface area contributed by atoms with Crippen LogP contribution < -0.4 is 15.4 Å². The number of hydrogen-bond acceptors (Lipinski definition) is 4. The number of carbonyl (C=O) groups is 2. The van der Waals surface area contributed by atoms with E-state index in [1.54, 1.807) is 12.0 Å². The van der Waals surface area contributed by atoms with Crippen LogP contribution in [0.2, 0.25) is 0 Å². The van der Waals surface area contributed by atoms with Crippen molar-refractivity contribution in [2.75, 3.05) is 46.4 Å². The standard InChI is InChI=1S/C20H30N4O3/c1-27-17-7-5-16(6-8-17)18(23-11-3-2-4-12-23)15-22-20(26)24-13-9-19(25)21-10-14-24/h5-8,18H,2-4,9-15H2,1H3,(H,21,25)(H,22,26). The number of amides is 3. The van der Waals surface area contributed by atoms with E-state index in [-0.39, 0.29) is 18.0 Å². The van der Waals surface area contributed by atoms with Crippen LogP contribution in [-0.4, -0.2) is 68.1 Å². The first-order valence-corrected chi connectivity index (χ1v) is 9.85. The zero-order valence-corrected chi connectivity index (χ0v) is 16.1. The van der Waals surface area contributed by atoms with Gasteiger partial charge in [-0.3, -0.25) is 9.69 Å². The van der Waals surface area contributed by atoms with Crippen molar-refractivity contribution in [1.82, 2.24) is 20.4 Å². The zero-order chi connectivity index (χ0) is 19.1. The van der Waals surface area contributed by atoms with Crippen LogP contribution in [0.3, 0.4) is 0 Å². The van der Waals surface area contributed by atoms with Crippen LogP contribution in [0.1, 0.15) is 37.3 Å². The quantitative estimate of drug-likeness (QED) is 0.824. The maximum atomic E-state index is 12.6. The van der Waals surface area contributed by atoms with Crippen LogP contribution in [0, 0.1) is 0 Å². The zero-order valence-electron chi connectivity index (χ0n) is 16.1. The Morgan fingerprint density at radius 2 is 1.89 bits per heavy atom. The molecule has 2 heterocycles. The number of ether oxygens (including phenoxy) is 1. The minimum absolute atomic E-state index is 0.00901. The number of nitrogens with one attached hydrogen (secondary N) is 2. The van der Waals surface area contributed by atoms with Gasteiger partial charge in [-0.15, -0.1) is 0 Å². The maximum absolute atomic E-state index is 12.6. The fourth-order valence-electron chi connectivity index (χ4n) is 3.78. The predicted molar refractivity (Wildman–Crippen MR) is 104 cm³/mol. The molecule has 0 saturated carbocycles. The average molecular weight is 374 g/mol. The Morgan fingerprint density at radius 3 is 2.59 bits per heavy atom. The molecule has 0 bridgehead atoms. The number of hydrogen-bond donors (Lipinski definition) is 2. The van der Waals surface area contributed by atoms with Gasteiger partial charge in [-0.1, -0.05) is 18.6 Å². The van der Waals surface area contributed by atoms with Gasteiger partial charge in [0.2, 0.25) is 5.91 Å². The Kier molecular flexibility index (Phi) is 6.92. The molecule has 0 spiro atoms. The van der Waals surface area contributed by atoms with Crippen molar-refractivity contribution in [3.05, 3.63) is 29.8 Å². The fourth-order valence-corrected chi connectivity index (χ4v) is 3.78. The average Bonchev–Trinajstić information content (AvgIpc) is 2.94. The summed E-state index contributed by atoms with van der Waals surface area (Å²) in [6, 6.07) is 8.16. The minimum atomic E-state index is -0.0954. The molecule has 7 nitrogen and oxygen atoms in total. The second-order valence-electron chi connectivity index (χ2n) is 7.16. The van der Waals surface area contributed by atoms with Crippen molar-refractivity contribution in [3.63, 3.8) is 0 Å². The molecule has 1 atom stereocenters. The lowest BCUT2D eigenvalue weighted by Crippen LogP contribution is -2.46. The molecule has 1 unspecified atom stereocenters. The second kappa shape index (κ2) is 9.60. The summed E-state index contributed by atoms with van der Waals surface area (Å²) in [6.45, 7) is 4.19. The van der Waals surface area contributed by atoms with Gasteiger partial charge in [0.05, 0.1) is 13.2 Å². The first-order valence-electron chi connectivity index (χ1n) is 9.85. The molecular weight excluding hydrogens is 344 g/mol. The molecule has 3 amide bonds. The molecule has 2 aliphatic heterocycles. The number of benzene rings is 1. The fraction of sp³-hybridized carbons (Fsp3) is 0.600. The molecule has 1 aromatic carbocycles. The van der Waals surface area contributed by atoms with Crippen LogP contribution in [0.4, 0.5) is 4.79 Å². The molecule has 0 aromatic heterocycles. The summed E-state index contributed by atoms with van der Waals surface area (Å²) in [5.74, 6) is 0.844. The summed E-state index contributed by atoms with van der Waals surface area (Å²) < 4.78 is 5.27. The number of carbonyl (C=O) groups excluding carboxylic acids is 2. The Labute approximate surface area is 161 Å². The molecule has 0 radical (unpaired) electrons. The molecule has 2 aliphatic rings. The highest BCUT2D eigenvalue weighted by Gasteiger charge is 2.24. The van der Waals surface area contributed by atoms with Crippen LogP contribution in [-0.2, 0) is 4.79 Å². The van der Waals surface area contributed by atoms with Crippen molar-refractivity contribution < 1.29 is 14.3 Å². The van der Waals surface area contributed by atoms with Gasteiger partial charge in [-0.2, -0.15) is 0 Å². The third kappa shape index (κ3) is 5.35. The largest absolute Gasteiger partial charge is 0.497 e. The van der Waals surface area contributed by atoms with Crippen LogP contribution in [0.5, 0.6) is 5.75 Å². The summed E-state index contributed by atoms with van der Waals surface area (Å²) in [5, 5.41) is 5.90. The van der Waals surface area contributed by atoms with Crippen molar-refractivity contribution in [2.24, 2.45) is 0 Å². The van der Waals surface area contributed by atoms with Crippen molar-refractivity contribution in [3.8, 4) is 5.75 Å². The maximum Gasteiger partial charge on any atom is 0.317 e. The lowest BCUT2D eigenvalue weighted by Gasteiger charge is -2.35. The predicted octanol–water partition coefficient (Wildman–Crippen LogP) is 1.75. The Bertz CT molecular complexity index is 629. The minimum Gasteiger partial charge on any atom is -0.497 e. The SMILES string of the molecule is COc1ccc(C(CNC(=O)N2CCNC(=O)CC2)N2CCCCC2)cc1. The van der Waals surface area contributed by atoms with E-state index in [1.165, 1.54) is 24.8 Å². The summed E-state index contributed by atoms with van der Waals surface area (Å²) in [5.41, 5.74) is 1.19. The van der Waals surface area contributed by atoms with E-state index < -0.39 is 0 Å². The van der Waals surface area contributed by atoms with Gasteiger partial charge in [0.15, 0.2) is 0 Å². The first-order chi connectivity index (χ1) is 13.2. The van der Waals surface area contributed by atoms with Crippen molar-refractivity contribution in [2.45, 2.75) is 31.7 Å². The van der Waals surface area contributed by atoms with E-state index in [1.807, 2.05) is 12.1 Å². The van der Waals surface area contributed by atoms with Gasteiger partial charge in [0, 0.05) is 32.6 Å². The van der Waals surface area contributed by atoms with E-state index in [9.17, 15) is 9.59 Å². The smallest absolute Gasteiger partial charge is 0.317 e. The number of rotatable bonds is 5. The molecule has 0 aliphatic carbocycles. The highest BCUT2D eigenvalue weighted by molar-refractivity contribution is 5.79. The normalized spacial score (nSPS) is 19.7. The monoisotopic (exact) mass is 374 g/mol. The van der Waals surface area contributed by atoms with E-state index >= 15 is 0 Å². The summed E-state index contributed by atoms with van der Waals surface area (Å²) >= 11 is 0. The van der Waals surface area contributed by atoms with E-state index in [2.05, 4.69) is 27.7 Å². The number of methoxy groups -OCH3 is 1. The number of piperidine rings is 1.